The molecule has 4 rings (SSSR count). The van der Waals surface area contributed by atoms with Gasteiger partial charge < -0.3 is 34.5 Å². The number of hydrogen-bond donors (Lipinski definition) is 2. The SMILES string of the molecule is C=CC(=O)Nc1cc(Nc2nccc(-c3cc(C#N)c4c(c3)c(C)cn4C)n2)c(OC)cc1N(C)CCN(C)C(=O)OC(C)(C)C. The molecule has 2 heterocycles. The lowest BCUT2D eigenvalue weighted by atomic mass is 10.0. The number of ether oxygens (including phenoxy) is 2. The number of nitriles is 1. The van der Waals surface area contributed by atoms with Crippen molar-refractivity contribution in [1.29, 1.82) is 5.26 Å². The molecule has 0 atom stereocenters. The second-order valence-electron chi connectivity index (χ2n) is 11.9. The minimum atomic E-state index is -0.604. The van der Waals surface area contributed by atoms with Crippen LogP contribution < -0.4 is 20.3 Å². The second kappa shape index (κ2) is 13.6. The first-order valence-electron chi connectivity index (χ1n) is 14.7. The number of aromatic nitrogens is 3. The van der Waals surface area contributed by atoms with Gasteiger partial charge in [0.25, 0.3) is 0 Å². The molecule has 0 fully saturated rings. The Morgan fingerprint density at radius 3 is 2.54 bits per heavy atom. The predicted molar refractivity (Wildman–Crippen MR) is 181 cm³/mol. The molecule has 2 aromatic heterocycles. The summed E-state index contributed by atoms with van der Waals surface area (Å²) in [5, 5.41) is 16.9. The first kappa shape index (κ1) is 33.3. The van der Waals surface area contributed by atoms with E-state index in [4.69, 9.17) is 14.5 Å². The van der Waals surface area contributed by atoms with Gasteiger partial charge in [-0.15, -0.1) is 0 Å². The number of carbonyl (C=O) groups excluding carboxylic acids is 2. The third-order valence-electron chi connectivity index (χ3n) is 7.24. The number of benzene rings is 2. The Labute approximate surface area is 269 Å². The molecule has 2 aromatic carbocycles. The van der Waals surface area contributed by atoms with Crippen molar-refractivity contribution in [3.63, 3.8) is 0 Å². The molecular formula is C34H40N8O4. The van der Waals surface area contributed by atoms with Gasteiger partial charge in [0, 0.05) is 63.6 Å². The summed E-state index contributed by atoms with van der Waals surface area (Å²) in [5.41, 5.74) is 4.93. The molecule has 12 heteroatoms. The van der Waals surface area contributed by atoms with Crippen LogP contribution in [-0.4, -0.2) is 71.3 Å². The number of fused-ring (bicyclic) bond motifs is 1. The van der Waals surface area contributed by atoms with E-state index in [-0.39, 0.29) is 0 Å². The van der Waals surface area contributed by atoms with Crippen molar-refractivity contribution < 1.29 is 19.1 Å². The van der Waals surface area contributed by atoms with Gasteiger partial charge in [0.2, 0.25) is 11.9 Å². The van der Waals surface area contributed by atoms with Crippen LogP contribution in [-0.2, 0) is 16.6 Å². The Kier molecular flexibility index (Phi) is 9.85. The van der Waals surface area contributed by atoms with Crippen molar-refractivity contribution in [3.8, 4) is 23.1 Å². The van der Waals surface area contributed by atoms with Gasteiger partial charge in [-0.05, 0) is 63.6 Å². The zero-order chi connectivity index (χ0) is 33.8. The molecule has 0 unspecified atom stereocenters. The Hall–Kier alpha value is -5.57. The normalized spacial score (nSPS) is 11.0. The molecule has 2 amide bonds. The first-order chi connectivity index (χ1) is 21.7. The first-order valence-corrected chi connectivity index (χ1v) is 14.7. The minimum Gasteiger partial charge on any atom is -0.494 e. The molecule has 240 valence electrons. The van der Waals surface area contributed by atoms with E-state index in [1.165, 1.54) is 11.0 Å². The fraction of sp³-hybridized carbons (Fsp3) is 0.324. The summed E-state index contributed by atoms with van der Waals surface area (Å²) in [5.74, 6) is 0.371. The molecular weight excluding hydrogens is 584 g/mol. The topological polar surface area (TPSA) is 138 Å². The number of aryl methyl sites for hydroxylation is 2. The molecule has 0 radical (unpaired) electrons. The van der Waals surface area contributed by atoms with Gasteiger partial charge in [0.1, 0.15) is 17.4 Å². The van der Waals surface area contributed by atoms with Crippen molar-refractivity contribution in [2.45, 2.75) is 33.3 Å². The number of hydrogen-bond acceptors (Lipinski definition) is 9. The molecule has 4 aromatic rings. The van der Waals surface area contributed by atoms with Gasteiger partial charge in [-0.25, -0.2) is 14.8 Å². The van der Waals surface area contributed by atoms with E-state index in [0.717, 1.165) is 22.0 Å². The number of likely N-dealkylation sites (N-methyl/N-ethyl adjacent to an activating group) is 2. The highest BCUT2D eigenvalue weighted by Gasteiger charge is 2.21. The quantitative estimate of drug-likeness (QED) is 0.204. The standard InChI is InChI=1S/C34H40N8O4/c1-10-30(43)37-26-17-27(29(45-9)18-28(26)40(6)13-14-41(7)33(44)46-34(3,4)5)39-32-36-12-11-25(38-32)22-15-23(19-35)31-24(16-22)21(2)20-42(31)8/h10-12,15-18,20H,1,13-14H2,2-9H3,(H,37,43)(H,36,38,39). The van der Waals surface area contributed by atoms with Crippen molar-refractivity contribution in [3.05, 3.63) is 66.5 Å². The second-order valence-corrected chi connectivity index (χ2v) is 11.9. The summed E-state index contributed by atoms with van der Waals surface area (Å²) >= 11 is 0. The number of methoxy groups -OCH3 is 1. The van der Waals surface area contributed by atoms with Crippen LogP contribution in [0.25, 0.3) is 22.2 Å². The summed E-state index contributed by atoms with van der Waals surface area (Å²) < 4.78 is 13.1. The Morgan fingerprint density at radius 2 is 1.89 bits per heavy atom. The summed E-state index contributed by atoms with van der Waals surface area (Å²) in [6.45, 7) is 11.8. The Balaban J connectivity index is 1.65. The number of anilines is 4. The zero-order valence-electron chi connectivity index (χ0n) is 27.6. The molecule has 0 saturated carbocycles. The average Bonchev–Trinajstić information content (AvgIpc) is 3.31. The zero-order valence-corrected chi connectivity index (χ0v) is 27.6. The summed E-state index contributed by atoms with van der Waals surface area (Å²) in [6, 6.07) is 11.4. The van der Waals surface area contributed by atoms with Gasteiger partial charge in [-0.1, -0.05) is 6.58 Å². The van der Waals surface area contributed by atoms with E-state index in [1.54, 1.807) is 38.6 Å². The average molecular weight is 625 g/mol. The fourth-order valence-corrected chi connectivity index (χ4v) is 4.96. The van der Waals surface area contributed by atoms with Crippen LogP contribution in [0.3, 0.4) is 0 Å². The van der Waals surface area contributed by atoms with Crippen LogP contribution in [0.5, 0.6) is 5.75 Å². The lowest BCUT2D eigenvalue weighted by Gasteiger charge is -2.28. The molecule has 46 heavy (non-hydrogen) atoms. The van der Waals surface area contributed by atoms with Crippen LogP contribution in [0.1, 0.15) is 31.9 Å². The van der Waals surface area contributed by atoms with E-state index in [9.17, 15) is 14.9 Å². The highest BCUT2D eigenvalue weighted by molar-refractivity contribution is 6.02. The van der Waals surface area contributed by atoms with Crippen molar-refractivity contribution in [2.75, 3.05) is 49.8 Å². The molecule has 0 aliphatic heterocycles. The third kappa shape index (κ3) is 7.55. The number of rotatable bonds is 10. The van der Waals surface area contributed by atoms with Crippen molar-refractivity contribution in [2.24, 2.45) is 7.05 Å². The lowest BCUT2D eigenvalue weighted by molar-refractivity contribution is -0.111. The molecule has 0 bridgehead atoms. The van der Waals surface area contributed by atoms with Gasteiger partial charge in [0.15, 0.2) is 0 Å². The Morgan fingerprint density at radius 1 is 1.15 bits per heavy atom. The minimum absolute atomic E-state index is 0.292. The van der Waals surface area contributed by atoms with Crippen LogP contribution in [0, 0.1) is 18.3 Å². The lowest BCUT2D eigenvalue weighted by Crippen LogP contribution is -2.38. The van der Waals surface area contributed by atoms with E-state index >= 15 is 0 Å². The highest BCUT2D eigenvalue weighted by atomic mass is 16.6. The van der Waals surface area contributed by atoms with E-state index in [1.807, 2.05) is 69.6 Å². The van der Waals surface area contributed by atoms with Gasteiger partial charge >= 0.3 is 6.09 Å². The van der Waals surface area contributed by atoms with Gasteiger partial charge in [0.05, 0.1) is 40.9 Å². The maximum absolute atomic E-state index is 12.5. The van der Waals surface area contributed by atoms with E-state index in [0.29, 0.717) is 53.1 Å². The monoisotopic (exact) mass is 624 g/mol. The van der Waals surface area contributed by atoms with Crippen LogP contribution in [0.15, 0.2) is 55.4 Å². The van der Waals surface area contributed by atoms with E-state index < -0.39 is 17.6 Å². The third-order valence-corrected chi connectivity index (χ3v) is 7.24. The van der Waals surface area contributed by atoms with Crippen molar-refractivity contribution >= 4 is 45.9 Å². The van der Waals surface area contributed by atoms with Gasteiger partial charge in [-0.2, -0.15) is 5.26 Å². The van der Waals surface area contributed by atoms with Gasteiger partial charge in [-0.3, -0.25) is 4.79 Å². The van der Waals surface area contributed by atoms with E-state index in [2.05, 4.69) is 28.3 Å². The Bertz CT molecular complexity index is 1830. The number of nitrogens with one attached hydrogen (secondary N) is 2. The van der Waals surface area contributed by atoms with Crippen LogP contribution >= 0.6 is 0 Å². The smallest absolute Gasteiger partial charge is 0.410 e. The van der Waals surface area contributed by atoms with Crippen molar-refractivity contribution in [1.82, 2.24) is 19.4 Å². The maximum Gasteiger partial charge on any atom is 0.410 e. The maximum atomic E-state index is 12.5. The number of carbonyl (C=O) groups is 2. The fourth-order valence-electron chi connectivity index (χ4n) is 4.96. The van der Waals surface area contributed by atoms with Crippen LogP contribution in [0.4, 0.5) is 27.8 Å². The summed E-state index contributed by atoms with van der Waals surface area (Å²) in [6.07, 6.45) is 4.39. The number of amides is 2. The molecule has 12 nitrogen and oxygen atoms in total. The van der Waals surface area contributed by atoms with Crippen LogP contribution in [0.2, 0.25) is 0 Å². The molecule has 0 aliphatic carbocycles. The molecule has 0 saturated heterocycles. The summed E-state index contributed by atoms with van der Waals surface area (Å²) in [4.78, 5) is 37.4. The largest absolute Gasteiger partial charge is 0.494 e. The molecule has 2 N–H and O–H groups in total. The number of nitrogens with zero attached hydrogens (tertiary/aromatic N) is 6. The highest BCUT2D eigenvalue weighted by Crippen LogP contribution is 2.38. The molecule has 0 aliphatic rings. The molecule has 0 spiro atoms. The summed E-state index contributed by atoms with van der Waals surface area (Å²) in [7, 11) is 6.99. The predicted octanol–water partition coefficient (Wildman–Crippen LogP) is 6.00.